The summed E-state index contributed by atoms with van der Waals surface area (Å²) in [5, 5.41) is 8.67. The summed E-state index contributed by atoms with van der Waals surface area (Å²) in [6.07, 6.45) is -3.01. The molecule has 0 spiro atoms. The second-order valence-corrected chi connectivity index (χ2v) is 3.10. The van der Waals surface area contributed by atoms with Crippen LogP contribution in [-0.4, -0.2) is 11.1 Å². The fourth-order valence-electron chi connectivity index (χ4n) is 1.29. The highest BCUT2D eigenvalue weighted by Crippen LogP contribution is 2.30. The van der Waals surface area contributed by atoms with Gasteiger partial charge in [0.25, 0.3) is 6.43 Å². The molecule has 2 nitrogen and oxygen atoms in total. The van der Waals surface area contributed by atoms with Crippen LogP contribution < -0.4 is 0 Å². The SMILES string of the molecule is CC(C(=O)O)c1cccc(F)c1C(F)F. The number of carbonyl (C=O) groups is 1. The van der Waals surface area contributed by atoms with Gasteiger partial charge in [-0.1, -0.05) is 12.1 Å². The maximum absolute atomic E-state index is 13.1. The normalized spacial score (nSPS) is 12.9. The van der Waals surface area contributed by atoms with Crippen LogP contribution in [0.15, 0.2) is 18.2 Å². The van der Waals surface area contributed by atoms with E-state index in [2.05, 4.69) is 0 Å². The van der Waals surface area contributed by atoms with Gasteiger partial charge in [-0.2, -0.15) is 0 Å². The van der Waals surface area contributed by atoms with E-state index in [0.717, 1.165) is 6.07 Å². The third kappa shape index (κ3) is 2.29. The molecule has 0 aliphatic rings. The molecular formula is C10H9F3O2. The average molecular weight is 218 g/mol. The van der Waals surface area contributed by atoms with E-state index in [-0.39, 0.29) is 5.56 Å². The maximum atomic E-state index is 13.1. The lowest BCUT2D eigenvalue weighted by Gasteiger charge is -2.12. The zero-order valence-corrected chi connectivity index (χ0v) is 7.88. The Labute approximate surface area is 84.3 Å². The highest BCUT2D eigenvalue weighted by atomic mass is 19.3. The van der Waals surface area contributed by atoms with Gasteiger partial charge < -0.3 is 5.11 Å². The van der Waals surface area contributed by atoms with Crippen LogP contribution in [0.5, 0.6) is 0 Å². The van der Waals surface area contributed by atoms with Crippen molar-refractivity contribution < 1.29 is 23.1 Å². The quantitative estimate of drug-likeness (QED) is 0.846. The van der Waals surface area contributed by atoms with Gasteiger partial charge in [-0.05, 0) is 18.6 Å². The molecule has 0 amide bonds. The van der Waals surface area contributed by atoms with Gasteiger partial charge in [0.1, 0.15) is 5.82 Å². The second-order valence-electron chi connectivity index (χ2n) is 3.10. The van der Waals surface area contributed by atoms with E-state index in [9.17, 15) is 18.0 Å². The molecule has 1 aromatic carbocycles. The number of aliphatic carboxylic acids is 1. The van der Waals surface area contributed by atoms with Crippen molar-refractivity contribution in [3.63, 3.8) is 0 Å². The van der Waals surface area contributed by atoms with Crippen molar-refractivity contribution in [1.82, 2.24) is 0 Å². The Balaban J connectivity index is 3.28. The van der Waals surface area contributed by atoms with Crippen LogP contribution in [0, 0.1) is 5.82 Å². The largest absolute Gasteiger partial charge is 0.481 e. The average Bonchev–Trinajstić information content (AvgIpc) is 2.15. The fourth-order valence-corrected chi connectivity index (χ4v) is 1.29. The molecular weight excluding hydrogens is 209 g/mol. The molecule has 1 rings (SSSR count). The van der Waals surface area contributed by atoms with Crippen molar-refractivity contribution in [2.24, 2.45) is 0 Å². The Hall–Kier alpha value is -1.52. The highest BCUT2D eigenvalue weighted by Gasteiger charge is 2.24. The van der Waals surface area contributed by atoms with Gasteiger partial charge in [0.15, 0.2) is 0 Å². The number of hydrogen-bond acceptors (Lipinski definition) is 1. The summed E-state index contributed by atoms with van der Waals surface area (Å²) in [5.41, 5.74) is -1.01. The molecule has 1 N–H and O–H groups in total. The van der Waals surface area contributed by atoms with Crippen LogP contribution in [0.2, 0.25) is 0 Å². The molecule has 1 unspecified atom stereocenters. The number of halogens is 3. The first kappa shape index (κ1) is 11.6. The lowest BCUT2D eigenvalue weighted by Crippen LogP contribution is -2.11. The molecule has 0 heterocycles. The first-order chi connectivity index (χ1) is 6.95. The van der Waals surface area contributed by atoms with Gasteiger partial charge in [0, 0.05) is 0 Å². The van der Waals surface area contributed by atoms with E-state index in [1.54, 1.807) is 0 Å². The third-order valence-electron chi connectivity index (χ3n) is 2.14. The van der Waals surface area contributed by atoms with Gasteiger partial charge in [0.2, 0.25) is 0 Å². The summed E-state index contributed by atoms with van der Waals surface area (Å²) in [6.45, 7) is 1.24. The molecule has 5 heteroatoms. The first-order valence-electron chi connectivity index (χ1n) is 4.24. The second kappa shape index (κ2) is 4.33. The molecule has 1 atom stereocenters. The zero-order chi connectivity index (χ0) is 11.6. The molecule has 0 aliphatic carbocycles. The van der Waals surface area contributed by atoms with Crippen LogP contribution in [0.1, 0.15) is 30.4 Å². The molecule has 15 heavy (non-hydrogen) atoms. The number of alkyl halides is 2. The van der Waals surface area contributed by atoms with Crippen LogP contribution in [-0.2, 0) is 4.79 Å². The minimum absolute atomic E-state index is 0.183. The summed E-state index contributed by atoms with van der Waals surface area (Å²) < 4.78 is 38.0. The fraction of sp³-hybridized carbons (Fsp3) is 0.300. The van der Waals surface area contributed by atoms with E-state index in [0.29, 0.717) is 0 Å². The monoisotopic (exact) mass is 218 g/mol. The van der Waals surface area contributed by atoms with Crippen LogP contribution in [0.25, 0.3) is 0 Å². The highest BCUT2D eigenvalue weighted by molar-refractivity contribution is 5.76. The van der Waals surface area contributed by atoms with Gasteiger partial charge in [0.05, 0.1) is 11.5 Å². The lowest BCUT2D eigenvalue weighted by atomic mass is 9.95. The lowest BCUT2D eigenvalue weighted by molar-refractivity contribution is -0.138. The summed E-state index contributed by atoms with van der Waals surface area (Å²) >= 11 is 0. The Morgan fingerprint density at radius 1 is 1.40 bits per heavy atom. The van der Waals surface area contributed by atoms with Crippen molar-refractivity contribution in [2.75, 3.05) is 0 Å². The van der Waals surface area contributed by atoms with Crippen molar-refractivity contribution >= 4 is 5.97 Å². The zero-order valence-electron chi connectivity index (χ0n) is 7.88. The molecule has 0 aromatic heterocycles. The Kier molecular flexibility index (Phi) is 3.34. The van der Waals surface area contributed by atoms with Crippen molar-refractivity contribution in [2.45, 2.75) is 19.3 Å². The van der Waals surface area contributed by atoms with Crippen LogP contribution in [0.3, 0.4) is 0 Å². The minimum atomic E-state index is -3.01. The van der Waals surface area contributed by atoms with Crippen LogP contribution >= 0.6 is 0 Å². The minimum Gasteiger partial charge on any atom is -0.481 e. The van der Waals surface area contributed by atoms with E-state index < -0.39 is 29.7 Å². The van der Waals surface area contributed by atoms with Gasteiger partial charge in [-0.3, -0.25) is 4.79 Å². The predicted octanol–water partition coefficient (Wildman–Crippen LogP) is 2.95. The van der Waals surface area contributed by atoms with Crippen molar-refractivity contribution in [1.29, 1.82) is 0 Å². The number of carboxylic acid groups (broad SMARTS) is 1. The topological polar surface area (TPSA) is 37.3 Å². The summed E-state index contributed by atoms with van der Waals surface area (Å²) in [6, 6.07) is 3.30. The molecule has 0 radical (unpaired) electrons. The molecule has 0 aliphatic heterocycles. The Bertz CT molecular complexity index is 377. The first-order valence-corrected chi connectivity index (χ1v) is 4.24. The molecule has 82 valence electrons. The molecule has 0 saturated heterocycles. The number of benzene rings is 1. The van der Waals surface area contributed by atoms with E-state index in [1.807, 2.05) is 0 Å². The van der Waals surface area contributed by atoms with Crippen LogP contribution in [0.4, 0.5) is 13.2 Å². The number of carboxylic acids is 1. The van der Waals surface area contributed by atoms with E-state index in [4.69, 9.17) is 5.11 Å². The Morgan fingerprint density at radius 2 is 2.00 bits per heavy atom. The van der Waals surface area contributed by atoms with Crippen molar-refractivity contribution in [3.05, 3.63) is 35.1 Å². The van der Waals surface area contributed by atoms with E-state index in [1.165, 1.54) is 19.1 Å². The Morgan fingerprint density at radius 3 is 2.47 bits per heavy atom. The van der Waals surface area contributed by atoms with Gasteiger partial charge in [-0.25, -0.2) is 13.2 Å². The smallest absolute Gasteiger partial charge is 0.310 e. The number of rotatable bonds is 3. The number of hydrogen-bond donors (Lipinski definition) is 1. The van der Waals surface area contributed by atoms with E-state index >= 15 is 0 Å². The van der Waals surface area contributed by atoms with Gasteiger partial charge >= 0.3 is 5.97 Å². The maximum Gasteiger partial charge on any atom is 0.310 e. The predicted molar refractivity (Wildman–Crippen MR) is 47.4 cm³/mol. The van der Waals surface area contributed by atoms with Gasteiger partial charge in [-0.15, -0.1) is 0 Å². The molecule has 0 saturated carbocycles. The molecule has 0 bridgehead atoms. The summed E-state index contributed by atoms with van der Waals surface area (Å²) in [7, 11) is 0. The molecule has 0 fully saturated rings. The summed E-state index contributed by atoms with van der Waals surface area (Å²) in [4.78, 5) is 10.6. The summed E-state index contributed by atoms with van der Waals surface area (Å²) in [5.74, 6) is -3.48. The molecule has 1 aromatic rings. The van der Waals surface area contributed by atoms with Crippen molar-refractivity contribution in [3.8, 4) is 0 Å². The standard InChI is InChI=1S/C10H9F3O2/c1-5(10(14)15)6-3-2-4-7(11)8(6)9(12)13/h2-5,9H,1H3,(H,14,15). The third-order valence-corrected chi connectivity index (χ3v) is 2.14.